The highest BCUT2D eigenvalue weighted by Gasteiger charge is 1.77. The summed E-state index contributed by atoms with van der Waals surface area (Å²) in [5.41, 5.74) is 1.26. The number of benzene rings is 1. The molecule has 0 nitrogen and oxygen atoms in total. The van der Waals surface area contributed by atoms with E-state index in [0.29, 0.717) is 0 Å². The quantitative estimate of drug-likeness (QED) is 0.569. The molecule has 0 atom stereocenters. The molecule has 0 aliphatic heterocycles. The number of hydrogen-bond acceptors (Lipinski definition) is 0. The number of rotatable bonds is 1. The van der Waals surface area contributed by atoms with E-state index in [1.165, 1.54) is 5.56 Å². The second-order valence-corrected chi connectivity index (χ2v) is 1.91. The van der Waals surface area contributed by atoms with Crippen molar-refractivity contribution >= 4 is 6.08 Å². The van der Waals surface area contributed by atoms with Crippen molar-refractivity contribution in [2.24, 2.45) is 0 Å². The minimum Gasteiger partial charge on any atom is -0.0871 e. The molecule has 0 amide bonds. The lowest BCUT2D eigenvalue weighted by atomic mass is 10.2. The van der Waals surface area contributed by atoms with Gasteiger partial charge in [-0.3, -0.25) is 0 Å². The summed E-state index contributed by atoms with van der Waals surface area (Å²) in [5, 5.41) is 0. The van der Waals surface area contributed by atoms with Crippen LogP contribution in [0.5, 0.6) is 0 Å². The largest absolute Gasteiger partial charge is 0.0871 e. The summed E-state index contributed by atoms with van der Waals surface area (Å²) in [4.78, 5) is 0. The van der Waals surface area contributed by atoms with Gasteiger partial charge in [0.15, 0.2) is 0 Å². The fraction of sp³-hybridized carbons (Fsp3) is 0.385. The van der Waals surface area contributed by atoms with Gasteiger partial charge in [-0.2, -0.15) is 0 Å². The van der Waals surface area contributed by atoms with Gasteiger partial charge in [0.1, 0.15) is 0 Å². The molecular weight excluding hydrogens is 156 g/mol. The SMILES string of the molecule is C.C.CC.CC=Cc1ccccc1. The first-order valence-electron chi connectivity index (χ1n) is 4.11. The molecule has 0 aromatic heterocycles. The van der Waals surface area contributed by atoms with Crippen LogP contribution in [0.3, 0.4) is 0 Å². The second kappa shape index (κ2) is 13.5. The van der Waals surface area contributed by atoms with Gasteiger partial charge in [0.05, 0.1) is 0 Å². The van der Waals surface area contributed by atoms with Gasteiger partial charge in [-0.05, 0) is 12.5 Å². The number of hydrogen-bond donors (Lipinski definition) is 0. The van der Waals surface area contributed by atoms with E-state index >= 15 is 0 Å². The van der Waals surface area contributed by atoms with E-state index in [2.05, 4.69) is 18.2 Å². The third kappa shape index (κ3) is 8.87. The zero-order valence-corrected chi connectivity index (χ0v) is 7.54. The molecule has 0 saturated heterocycles. The van der Waals surface area contributed by atoms with Gasteiger partial charge >= 0.3 is 0 Å². The normalized spacial score (nSPS) is 7.62. The summed E-state index contributed by atoms with van der Waals surface area (Å²) >= 11 is 0. The molecule has 0 unspecified atom stereocenters. The molecule has 0 bridgehead atoms. The Labute approximate surface area is 84.3 Å². The van der Waals surface area contributed by atoms with E-state index in [1.807, 2.05) is 45.0 Å². The van der Waals surface area contributed by atoms with Crippen molar-refractivity contribution in [2.45, 2.75) is 35.6 Å². The minimum atomic E-state index is 0. The standard InChI is InChI=1S/C9H10.C2H6.2CH4/c1-2-6-9-7-4-3-5-8-9;1-2;;/h2-8H,1H3;1-2H3;2*1H4. The van der Waals surface area contributed by atoms with Crippen molar-refractivity contribution in [3.63, 3.8) is 0 Å². The Bertz CT molecular complexity index is 184. The van der Waals surface area contributed by atoms with E-state index in [4.69, 9.17) is 0 Å². The third-order valence-corrected chi connectivity index (χ3v) is 1.16. The predicted molar refractivity (Wildman–Crippen MR) is 66.0 cm³/mol. The van der Waals surface area contributed by atoms with Gasteiger partial charge in [-0.25, -0.2) is 0 Å². The molecule has 0 aliphatic rings. The molecule has 0 spiro atoms. The maximum Gasteiger partial charge on any atom is -0.0260 e. The summed E-state index contributed by atoms with van der Waals surface area (Å²) < 4.78 is 0. The molecule has 13 heavy (non-hydrogen) atoms. The predicted octanol–water partition coefficient (Wildman–Crippen LogP) is 5.02. The van der Waals surface area contributed by atoms with E-state index in [9.17, 15) is 0 Å². The van der Waals surface area contributed by atoms with Crippen LogP contribution in [0.4, 0.5) is 0 Å². The molecule has 1 aromatic carbocycles. The first-order valence-corrected chi connectivity index (χ1v) is 4.11. The van der Waals surface area contributed by atoms with Crippen molar-refractivity contribution in [1.29, 1.82) is 0 Å². The van der Waals surface area contributed by atoms with Crippen LogP contribution in [-0.2, 0) is 0 Å². The highest BCUT2D eigenvalue weighted by Crippen LogP contribution is 1.99. The van der Waals surface area contributed by atoms with E-state index in [1.54, 1.807) is 0 Å². The molecule has 0 radical (unpaired) electrons. The van der Waals surface area contributed by atoms with Gasteiger partial charge in [-0.15, -0.1) is 0 Å². The van der Waals surface area contributed by atoms with E-state index in [0.717, 1.165) is 0 Å². The van der Waals surface area contributed by atoms with Crippen molar-refractivity contribution in [1.82, 2.24) is 0 Å². The average molecular weight is 180 g/mol. The Hall–Kier alpha value is -1.04. The topological polar surface area (TPSA) is 0 Å². The van der Waals surface area contributed by atoms with Crippen molar-refractivity contribution in [3.8, 4) is 0 Å². The van der Waals surface area contributed by atoms with Crippen molar-refractivity contribution in [2.75, 3.05) is 0 Å². The third-order valence-electron chi connectivity index (χ3n) is 1.16. The molecule has 1 rings (SSSR count). The second-order valence-electron chi connectivity index (χ2n) is 1.91. The Balaban J connectivity index is -0.000000234. The van der Waals surface area contributed by atoms with Crippen LogP contribution < -0.4 is 0 Å². The highest BCUT2D eigenvalue weighted by atomic mass is 13.8. The Morgan fingerprint density at radius 3 is 1.77 bits per heavy atom. The molecule has 0 aliphatic carbocycles. The summed E-state index contributed by atoms with van der Waals surface area (Å²) in [5.74, 6) is 0. The summed E-state index contributed by atoms with van der Waals surface area (Å²) in [6.45, 7) is 6.02. The molecule has 1 aromatic rings. The first-order chi connectivity index (χ1) is 5.43. The van der Waals surface area contributed by atoms with Gasteiger partial charge < -0.3 is 0 Å². The molecule has 0 N–H and O–H groups in total. The highest BCUT2D eigenvalue weighted by molar-refractivity contribution is 5.47. The van der Waals surface area contributed by atoms with Gasteiger partial charge in [0, 0.05) is 0 Å². The van der Waals surface area contributed by atoms with Crippen LogP contribution in [0.1, 0.15) is 41.2 Å². The van der Waals surface area contributed by atoms with Crippen LogP contribution in [0.2, 0.25) is 0 Å². The van der Waals surface area contributed by atoms with Crippen LogP contribution in [0.15, 0.2) is 36.4 Å². The van der Waals surface area contributed by atoms with Gasteiger partial charge in [0.2, 0.25) is 0 Å². The summed E-state index contributed by atoms with van der Waals surface area (Å²) in [6, 6.07) is 10.3. The van der Waals surface area contributed by atoms with Crippen LogP contribution in [0.25, 0.3) is 6.08 Å². The molecule has 0 heterocycles. The minimum absolute atomic E-state index is 0. The molecule has 0 fully saturated rings. The molecule has 0 saturated carbocycles. The average Bonchev–Trinajstić information content (AvgIpc) is 2.11. The van der Waals surface area contributed by atoms with Crippen LogP contribution in [0, 0.1) is 0 Å². The fourth-order valence-electron chi connectivity index (χ4n) is 0.757. The van der Waals surface area contributed by atoms with Crippen molar-refractivity contribution in [3.05, 3.63) is 42.0 Å². The maximum atomic E-state index is 2.08. The van der Waals surface area contributed by atoms with Gasteiger partial charge in [0.25, 0.3) is 0 Å². The van der Waals surface area contributed by atoms with Crippen LogP contribution >= 0.6 is 0 Å². The van der Waals surface area contributed by atoms with E-state index < -0.39 is 0 Å². The lowest BCUT2D eigenvalue weighted by Gasteiger charge is -1.86. The lowest BCUT2D eigenvalue weighted by molar-refractivity contribution is 1.50. The lowest BCUT2D eigenvalue weighted by Crippen LogP contribution is -1.65. The first kappa shape index (κ1) is 17.9. The molecular formula is C13H24. The maximum absolute atomic E-state index is 2.08. The smallest absolute Gasteiger partial charge is 0.0260 e. The number of allylic oxidation sites excluding steroid dienone is 1. The monoisotopic (exact) mass is 180 g/mol. The summed E-state index contributed by atoms with van der Waals surface area (Å²) in [7, 11) is 0. The molecule has 0 heteroatoms. The Morgan fingerprint density at radius 2 is 1.38 bits per heavy atom. The fourth-order valence-corrected chi connectivity index (χ4v) is 0.757. The Morgan fingerprint density at radius 1 is 0.923 bits per heavy atom. The summed E-state index contributed by atoms with van der Waals surface area (Å²) in [6.07, 6.45) is 4.12. The zero-order chi connectivity index (χ0) is 8.53. The van der Waals surface area contributed by atoms with Gasteiger partial charge in [-0.1, -0.05) is 71.2 Å². The van der Waals surface area contributed by atoms with Crippen LogP contribution in [-0.4, -0.2) is 0 Å². The van der Waals surface area contributed by atoms with Crippen molar-refractivity contribution < 1.29 is 0 Å². The zero-order valence-electron chi connectivity index (χ0n) is 7.54. The molecule has 76 valence electrons. The van der Waals surface area contributed by atoms with E-state index in [-0.39, 0.29) is 14.9 Å². The Kier molecular flexibility index (Phi) is 18.6.